The van der Waals surface area contributed by atoms with Gasteiger partial charge in [-0.2, -0.15) is 0 Å². The smallest absolute Gasteiger partial charge is 0.317 e. The van der Waals surface area contributed by atoms with Crippen LogP contribution in [0, 0.1) is 5.92 Å². The standard InChI is InChI=1S/C11H15N3O4S/c1-6-8(9(15)16)2-3-14(6)10(17)12-4-7-5-19-11(18)13-7/h5-6,8H,2-4H2,1H3,(H,12,17)(H,13,18)(H,15,16). The van der Waals surface area contributed by atoms with E-state index in [1.807, 2.05) is 0 Å². The van der Waals surface area contributed by atoms with Crippen LogP contribution in [0.15, 0.2) is 10.2 Å². The van der Waals surface area contributed by atoms with Gasteiger partial charge in [0.25, 0.3) is 0 Å². The van der Waals surface area contributed by atoms with Gasteiger partial charge in [-0.25, -0.2) is 4.79 Å². The Kier molecular flexibility index (Phi) is 3.89. The molecule has 3 N–H and O–H groups in total. The van der Waals surface area contributed by atoms with E-state index in [1.165, 1.54) is 4.90 Å². The van der Waals surface area contributed by atoms with Gasteiger partial charge in [0.05, 0.1) is 12.5 Å². The van der Waals surface area contributed by atoms with Crippen molar-refractivity contribution in [2.45, 2.75) is 25.9 Å². The molecule has 0 aromatic carbocycles. The quantitative estimate of drug-likeness (QED) is 0.750. The lowest BCUT2D eigenvalue weighted by Crippen LogP contribution is -2.43. The second-order valence-electron chi connectivity index (χ2n) is 4.50. The van der Waals surface area contributed by atoms with Gasteiger partial charge < -0.3 is 20.3 Å². The Hall–Kier alpha value is -1.83. The van der Waals surface area contributed by atoms with Crippen molar-refractivity contribution in [1.29, 1.82) is 0 Å². The topological polar surface area (TPSA) is 102 Å². The number of H-pyrrole nitrogens is 1. The zero-order chi connectivity index (χ0) is 14.0. The Morgan fingerprint density at radius 1 is 1.63 bits per heavy atom. The van der Waals surface area contributed by atoms with Crippen molar-refractivity contribution in [3.63, 3.8) is 0 Å². The molecule has 0 bridgehead atoms. The van der Waals surface area contributed by atoms with E-state index < -0.39 is 11.9 Å². The highest BCUT2D eigenvalue weighted by atomic mass is 32.1. The van der Waals surface area contributed by atoms with Crippen LogP contribution in [0.1, 0.15) is 19.0 Å². The fraction of sp³-hybridized carbons (Fsp3) is 0.545. The average Bonchev–Trinajstić information content (AvgIpc) is 2.92. The van der Waals surface area contributed by atoms with Crippen molar-refractivity contribution < 1.29 is 14.7 Å². The van der Waals surface area contributed by atoms with Crippen LogP contribution in [-0.2, 0) is 11.3 Å². The maximum absolute atomic E-state index is 11.9. The van der Waals surface area contributed by atoms with E-state index >= 15 is 0 Å². The zero-order valence-electron chi connectivity index (χ0n) is 10.4. The number of carboxylic acids is 1. The van der Waals surface area contributed by atoms with E-state index in [2.05, 4.69) is 10.3 Å². The Bertz CT molecular complexity index is 538. The molecule has 0 radical (unpaired) electrons. The normalized spacial score (nSPS) is 22.5. The average molecular weight is 285 g/mol. The van der Waals surface area contributed by atoms with Crippen LogP contribution in [0.25, 0.3) is 0 Å². The molecule has 1 fully saturated rings. The number of aliphatic carboxylic acids is 1. The molecule has 0 spiro atoms. The summed E-state index contributed by atoms with van der Waals surface area (Å²) in [5.41, 5.74) is 0.644. The Morgan fingerprint density at radius 2 is 2.37 bits per heavy atom. The summed E-state index contributed by atoms with van der Waals surface area (Å²) in [7, 11) is 0. The fourth-order valence-electron chi connectivity index (χ4n) is 2.23. The van der Waals surface area contributed by atoms with Gasteiger partial charge in [0.2, 0.25) is 0 Å². The summed E-state index contributed by atoms with van der Waals surface area (Å²) in [5, 5.41) is 13.3. The van der Waals surface area contributed by atoms with E-state index in [4.69, 9.17) is 5.11 Å². The minimum absolute atomic E-state index is 0.162. The van der Waals surface area contributed by atoms with Gasteiger partial charge in [-0.1, -0.05) is 11.3 Å². The number of hydrogen-bond donors (Lipinski definition) is 3. The largest absolute Gasteiger partial charge is 0.481 e. The van der Waals surface area contributed by atoms with E-state index in [0.717, 1.165) is 11.3 Å². The minimum Gasteiger partial charge on any atom is -0.481 e. The number of carbonyl (C=O) groups excluding carboxylic acids is 1. The molecule has 2 rings (SSSR count). The van der Waals surface area contributed by atoms with Crippen LogP contribution in [0.4, 0.5) is 4.79 Å². The van der Waals surface area contributed by atoms with Gasteiger partial charge in [0, 0.05) is 23.7 Å². The number of hydrogen-bond acceptors (Lipinski definition) is 4. The fourth-order valence-corrected chi connectivity index (χ4v) is 2.81. The van der Waals surface area contributed by atoms with Crippen LogP contribution in [0.2, 0.25) is 0 Å². The lowest BCUT2D eigenvalue weighted by molar-refractivity contribution is -0.142. The molecule has 0 saturated carbocycles. The molecule has 1 aliphatic heterocycles. The molecule has 7 nitrogen and oxygen atoms in total. The molecule has 2 amide bonds. The number of urea groups is 1. The molecule has 1 saturated heterocycles. The van der Waals surface area contributed by atoms with Crippen molar-refractivity contribution in [3.05, 3.63) is 20.7 Å². The first-order valence-corrected chi connectivity index (χ1v) is 6.81. The van der Waals surface area contributed by atoms with Crippen molar-refractivity contribution >= 4 is 23.3 Å². The Balaban J connectivity index is 1.90. The summed E-state index contributed by atoms with van der Waals surface area (Å²) < 4.78 is 0. The highest BCUT2D eigenvalue weighted by Crippen LogP contribution is 2.24. The van der Waals surface area contributed by atoms with E-state index in [-0.39, 0.29) is 23.5 Å². The number of rotatable bonds is 3. The molecular formula is C11H15N3O4S. The van der Waals surface area contributed by atoms with Crippen molar-refractivity contribution in [2.24, 2.45) is 5.92 Å². The highest BCUT2D eigenvalue weighted by Gasteiger charge is 2.37. The predicted octanol–water partition coefficient (Wildman–Crippen LogP) is 0.441. The van der Waals surface area contributed by atoms with Gasteiger partial charge >= 0.3 is 16.9 Å². The highest BCUT2D eigenvalue weighted by molar-refractivity contribution is 7.07. The van der Waals surface area contributed by atoms with Gasteiger partial charge in [0.1, 0.15) is 0 Å². The van der Waals surface area contributed by atoms with Gasteiger partial charge in [-0.3, -0.25) is 9.59 Å². The second kappa shape index (κ2) is 5.43. The molecular weight excluding hydrogens is 270 g/mol. The minimum atomic E-state index is -0.870. The first-order chi connectivity index (χ1) is 8.99. The lowest BCUT2D eigenvalue weighted by atomic mass is 10.0. The summed E-state index contributed by atoms with van der Waals surface area (Å²) in [6.07, 6.45) is 0.471. The third-order valence-electron chi connectivity index (χ3n) is 3.33. The van der Waals surface area contributed by atoms with Crippen molar-refractivity contribution in [3.8, 4) is 0 Å². The van der Waals surface area contributed by atoms with Crippen LogP contribution >= 0.6 is 11.3 Å². The number of thiazole rings is 1. The first-order valence-electron chi connectivity index (χ1n) is 5.93. The van der Waals surface area contributed by atoms with Crippen LogP contribution in [-0.4, -0.2) is 39.6 Å². The number of nitrogens with one attached hydrogen (secondary N) is 2. The maximum Gasteiger partial charge on any atom is 0.317 e. The third kappa shape index (κ3) is 2.95. The van der Waals surface area contributed by atoms with Crippen LogP contribution in [0.5, 0.6) is 0 Å². The van der Waals surface area contributed by atoms with Crippen molar-refractivity contribution in [2.75, 3.05) is 6.54 Å². The number of carboxylic acid groups (broad SMARTS) is 1. The van der Waals surface area contributed by atoms with Gasteiger partial charge in [-0.15, -0.1) is 0 Å². The Morgan fingerprint density at radius 3 is 2.89 bits per heavy atom. The van der Waals surface area contributed by atoms with Crippen molar-refractivity contribution in [1.82, 2.24) is 15.2 Å². The molecule has 2 unspecified atom stereocenters. The van der Waals surface area contributed by atoms with E-state index in [1.54, 1.807) is 12.3 Å². The summed E-state index contributed by atoms with van der Waals surface area (Å²) >= 11 is 1.04. The summed E-state index contributed by atoms with van der Waals surface area (Å²) in [4.78, 5) is 37.8. The van der Waals surface area contributed by atoms with E-state index in [0.29, 0.717) is 18.7 Å². The molecule has 0 aliphatic carbocycles. The molecule has 2 atom stereocenters. The van der Waals surface area contributed by atoms with Gasteiger partial charge in [0.15, 0.2) is 0 Å². The summed E-state index contributed by atoms with van der Waals surface area (Å²) in [6.45, 7) is 2.40. The zero-order valence-corrected chi connectivity index (χ0v) is 11.2. The van der Waals surface area contributed by atoms with Crippen LogP contribution < -0.4 is 10.2 Å². The summed E-state index contributed by atoms with van der Waals surface area (Å²) in [5.74, 6) is -1.38. The second-order valence-corrected chi connectivity index (χ2v) is 5.34. The maximum atomic E-state index is 11.9. The number of aromatic nitrogens is 1. The number of aromatic amines is 1. The molecule has 1 aliphatic rings. The first kappa shape index (κ1) is 13.6. The predicted molar refractivity (Wildman–Crippen MR) is 69.1 cm³/mol. The monoisotopic (exact) mass is 285 g/mol. The Labute approximate surface area is 113 Å². The summed E-state index contributed by atoms with van der Waals surface area (Å²) in [6, 6.07) is -0.623. The SMILES string of the molecule is CC1C(C(=O)O)CCN1C(=O)NCc1csc(=O)[nH]1. The number of likely N-dealkylation sites (tertiary alicyclic amines) is 1. The molecule has 1 aromatic heterocycles. The van der Waals surface area contributed by atoms with Crippen LogP contribution in [0.3, 0.4) is 0 Å². The molecule has 104 valence electrons. The number of nitrogens with zero attached hydrogens (tertiary/aromatic N) is 1. The molecule has 19 heavy (non-hydrogen) atoms. The molecule has 1 aromatic rings. The lowest BCUT2D eigenvalue weighted by Gasteiger charge is -2.23. The number of carbonyl (C=O) groups is 2. The number of amides is 2. The van der Waals surface area contributed by atoms with Gasteiger partial charge in [-0.05, 0) is 13.3 Å². The third-order valence-corrected chi connectivity index (χ3v) is 4.05. The van der Waals surface area contributed by atoms with E-state index in [9.17, 15) is 14.4 Å². The molecule has 8 heteroatoms. The molecule has 2 heterocycles.